The van der Waals surface area contributed by atoms with Gasteiger partial charge in [-0.3, -0.25) is 4.79 Å². The Morgan fingerprint density at radius 3 is 2.42 bits per heavy atom. The summed E-state index contributed by atoms with van der Waals surface area (Å²) < 4.78 is 0. The highest BCUT2D eigenvalue weighted by atomic mass is 16.4. The van der Waals surface area contributed by atoms with Crippen LogP contribution in [0.25, 0.3) is 0 Å². The number of aliphatic hydroxyl groups is 1. The predicted molar refractivity (Wildman–Crippen MR) is 41.0 cm³/mol. The number of hydrogen-bond acceptors (Lipinski definition) is 4. The van der Waals surface area contributed by atoms with Gasteiger partial charge < -0.3 is 15.9 Å². The van der Waals surface area contributed by atoms with Crippen LogP contribution in [0.15, 0.2) is 0 Å². The van der Waals surface area contributed by atoms with Crippen molar-refractivity contribution in [2.45, 2.75) is 25.5 Å². The van der Waals surface area contributed by atoms with Crippen LogP contribution in [0.4, 0.5) is 0 Å². The second-order valence-corrected chi connectivity index (χ2v) is 2.91. The first-order valence-corrected chi connectivity index (χ1v) is 3.45. The molecule has 3 atom stereocenters. The molecule has 0 bridgehead atoms. The lowest BCUT2D eigenvalue weighted by molar-refractivity contribution is -0.141. The fourth-order valence-corrected chi connectivity index (χ4v) is 0.665. The number of carboxylic acids is 1. The predicted octanol–water partition coefficient (Wildman–Crippen LogP) is -0.691. The largest absolute Gasteiger partial charge is 0.480 e. The lowest BCUT2D eigenvalue weighted by Gasteiger charge is -2.25. The van der Waals surface area contributed by atoms with Crippen LogP contribution in [0.3, 0.4) is 0 Å². The molecule has 0 amide bonds. The van der Waals surface area contributed by atoms with E-state index in [1.54, 1.807) is 6.07 Å². The Kier molecular flexibility index (Phi) is 3.19. The number of nitriles is 1. The molecule has 0 aromatic carbocycles. The first kappa shape index (κ1) is 10.9. The molecule has 0 rings (SSSR count). The van der Waals surface area contributed by atoms with Crippen molar-refractivity contribution in [2.75, 3.05) is 0 Å². The summed E-state index contributed by atoms with van der Waals surface area (Å²) in [6.45, 7) is 2.66. The summed E-state index contributed by atoms with van der Waals surface area (Å²) in [5.74, 6) is -2.03. The van der Waals surface area contributed by atoms with Gasteiger partial charge in [0.1, 0.15) is 6.04 Å². The molecule has 5 nitrogen and oxygen atoms in total. The quantitative estimate of drug-likeness (QED) is 0.488. The molecule has 0 aromatic rings. The van der Waals surface area contributed by atoms with E-state index in [2.05, 4.69) is 0 Å². The van der Waals surface area contributed by atoms with Crippen molar-refractivity contribution < 1.29 is 15.0 Å². The number of hydrogen-bond donors (Lipinski definition) is 3. The van der Waals surface area contributed by atoms with Gasteiger partial charge in [0.25, 0.3) is 0 Å². The number of nitrogens with zero attached hydrogens (tertiary/aromatic N) is 1. The third kappa shape index (κ3) is 2.19. The van der Waals surface area contributed by atoms with Crippen LogP contribution < -0.4 is 5.73 Å². The standard InChI is InChI=1S/C7H12N2O3/c1-4(5(9)6(10)11)7(2,12)3-8/h4-5,12H,9H2,1-2H3,(H,10,11). The highest BCUT2D eigenvalue weighted by Gasteiger charge is 2.35. The third-order valence-electron chi connectivity index (χ3n) is 1.94. The van der Waals surface area contributed by atoms with Crippen LogP contribution in [0, 0.1) is 17.2 Å². The minimum atomic E-state index is -1.70. The maximum absolute atomic E-state index is 10.4. The zero-order valence-corrected chi connectivity index (χ0v) is 6.98. The molecule has 0 heterocycles. The van der Waals surface area contributed by atoms with Crippen LogP contribution in [-0.2, 0) is 4.79 Å². The lowest BCUT2D eigenvalue weighted by Crippen LogP contribution is -2.47. The maximum atomic E-state index is 10.4. The van der Waals surface area contributed by atoms with E-state index in [0.717, 1.165) is 0 Å². The maximum Gasteiger partial charge on any atom is 0.320 e. The molecular weight excluding hydrogens is 160 g/mol. The van der Waals surface area contributed by atoms with Crippen molar-refractivity contribution >= 4 is 5.97 Å². The Labute approximate surface area is 70.4 Å². The summed E-state index contributed by atoms with van der Waals surface area (Å²) in [7, 11) is 0. The van der Waals surface area contributed by atoms with Crippen molar-refractivity contribution in [2.24, 2.45) is 11.7 Å². The number of nitrogens with two attached hydrogens (primary N) is 1. The van der Waals surface area contributed by atoms with Crippen molar-refractivity contribution in [3.8, 4) is 6.07 Å². The first-order chi connectivity index (χ1) is 5.33. The second-order valence-electron chi connectivity index (χ2n) is 2.91. The van der Waals surface area contributed by atoms with Gasteiger partial charge in [0.2, 0.25) is 0 Å². The van der Waals surface area contributed by atoms with Gasteiger partial charge in [-0.15, -0.1) is 0 Å². The van der Waals surface area contributed by atoms with Crippen LogP contribution in [0.2, 0.25) is 0 Å². The van der Waals surface area contributed by atoms with Crippen LogP contribution in [0.1, 0.15) is 13.8 Å². The summed E-state index contributed by atoms with van der Waals surface area (Å²) in [6.07, 6.45) is 0. The molecule has 12 heavy (non-hydrogen) atoms. The average Bonchev–Trinajstić information content (AvgIpc) is 2.01. The molecule has 0 spiro atoms. The summed E-state index contributed by atoms with van der Waals surface area (Å²) in [5, 5.41) is 26.2. The molecular formula is C7H12N2O3. The molecule has 4 N–H and O–H groups in total. The van der Waals surface area contributed by atoms with Gasteiger partial charge in [-0.1, -0.05) is 6.92 Å². The van der Waals surface area contributed by atoms with Gasteiger partial charge in [-0.25, -0.2) is 0 Å². The first-order valence-electron chi connectivity index (χ1n) is 3.45. The number of rotatable bonds is 3. The molecule has 0 fully saturated rings. The van der Waals surface area contributed by atoms with E-state index in [-0.39, 0.29) is 0 Å². The molecule has 0 aliphatic heterocycles. The zero-order valence-electron chi connectivity index (χ0n) is 6.98. The summed E-state index contributed by atoms with van der Waals surface area (Å²) >= 11 is 0. The molecule has 0 saturated carbocycles. The number of aliphatic carboxylic acids is 1. The molecule has 0 radical (unpaired) electrons. The minimum Gasteiger partial charge on any atom is -0.480 e. The number of carbonyl (C=O) groups is 1. The van der Waals surface area contributed by atoms with Gasteiger partial charge in [-0.2, -0.15) is 5.26 Å². The highest BCUT2D eigenvalue weighted by molar-refractivity contribution is 5.73. The molecule has 5 heteroatoms. The third-order valence-corrected chi connectivity index (χ3v) is 1.94. The van der Waals surface area contributed by atoms with E-state index in [9.17, 15) is 9.90 Å². The Bertz CT molecular complexity index is 219. The normalized spacial score (nSPS) is 20.2. The van der Waals surface area contributed by atoms with Crippen molar-refractivity contribution in [1.29, 1.82) is 5.26 Å². The van der Waals surface area contributed by atoms with E-state index in [1.165, 1.54) is 13.8 Å². The van der Waals surface area contributed by atoms with Gasteiger partial charge in [0.15, 0.2) is 5.60 Å². The fraction of sp³-hybridized carbons (Fsp3) is 0.714. The molecule has 3 unspecified atom stereocenters. The minimum absolute atomic E-state index is 0.806. The van der Waals surface area contributed by atoms with E-state index < -0.39 is 23.5 Å². The van der Waals surface area contributed by atoms with Gasteiger partial charge in [-0.05, 0) is 6.92 Å². The van der Waals surface area contributed by atoms with Crippen molar-refractivity contribution in [3.05, 3.63) is 0 Å². The summed E-state index contributed by atoms with van der Waals surface area (Å²) in [6, 6.07) is 0.367. The Balaban J connectivity index is 4.51. The highest BCUT2D eigenvalue weighted by Crippen LogP contribution is 2.18. The van der Waals surface area contributed by atoms with Crippen LogP contribution >= 0.6 is 0 Å². The van der Waals surface area contributed by atoms with E-state index >= 15 is 0 Å². The second kappa shape index (κ2) is 3.52. The van der Waals surface area contributed by atoms with Gasteiger partial charge >= 0.3 is 5.97 Å². The molecule has 0 aliphatic rings. The fourth-order valence-electron chi connectivity index (χ4n) is 0.665. The van der Waals surface area contributed by atoms with Crippen molar-refractivity contribution in [3.63, 3.8) is 0 Å². The Morgan fingerprint density at radius 1 is 1.75 bits per heavy atom. The van der Waals surface area contributed by atoms with Crippen LogP contribution in [-0.4, -0.2) is 27.8 Å². The van der Waals surface area contributed by atoms with Gasteiger partial charge in [0, 0.05) is 5.92 Å². The van der Waals surface area contributed by atoms with Gasteiger partial charge in [0.05, 0.1) is 6.07 Å². The van der Waals surface area contributed by atoms with E-state index in [0.29, 0.717) is 0 Å². The van der Waals surface area contributed by atoms with Crippen molar-refractivity contribution in [1.82, 2.24) is 0 Å². The van der Waals surface area contributed by atoms with E-state index in [4.69, 9.17) is 16.1 Å². The Hall–Kier alpha value is -1.12. The Morgan fingerprint density at radius 2 is 2.17 bits per heavy atom. The lowest BCUT2D eigenvalue weighted by atomic mass is 9.86. The SMILES string of the molecule is CC(C(N)C(=O)O)C(C)(O)C#N. The van der Waals surface area contributed by atoms with Crippen LogP contribution in [0.5, 0.6) is 0 Å². The summed E-state index contributed by atoms with van der Waals surface area (Å²) in [5.41, 5.74) is 3.51. The topological polar surface area (TPSA) is 107 Å². The van der Waals surface area contributed by atoms with E-state index in [1.807, 2.05) is 0 Å². The summed E-state index contributed by atoms with van der Waals surface area (Å²) in [4.78, 5) is 10.4. The molecule has 0 saturated heterocycles. The molecule has 0 aliphatic carbocycles. The number of carboxylic acid groups (broad SMARTS) is 1. The molecule has 0 aromatic heterocycles. The smallest absolute Gasteiger partial charge is 0.320 e. The average molecular weight is 172 g/mol. The monoisotopic (exact) mass is 172 g/mol. The zero-order chi connectivity index (χ0) is 9.94. The molecule has 68 valence electrons.